The summed E-state index contributed by atoms with van der Waals surface area (Å²) in [7, 11) is -4.03. The molecule has 1 N–H and O–H groups in total. The molecular weight excluding hydrogens is 324 g/mol. The number of para-hydroxylation sites is 1. The molecule has 0 spiro atoms. The van der Waals surface area contributed by atoms with Crippen LogP contribution in [-0.2, 0) is 14.6 Å². The minimum absolute atomic E-state index is 0.0120. The first-order valence-corrected chi connectivity index (χ1v) is 8.35. The van der Waals surface area contributed by atoms with E-state index in [1.807, 2.05) is 0 Å². The number of alkyl halides is 1. The normalized spacial score (nSPS) is 12.0. The molecule has 2 aromatic rings. The first-order valence-electron chi connectivity index (χ1n) is 6.34. The molecule has 2 aromatic carbocycles. The van der Waals surface area contributed by atoms with E-state index in [-0.39, 0.29) is 4.90 Å². The van der Waals surface area contributed by atoms with Gasteiger partial charge in [0.2, 0.25) is 20.7 Å². The summed E-state index contributed by atoms with van der Waals surface area (Å²) in [6.07, 6.45) is 0. The fourth-order valence-electron chi connectivity index (χ4n) is 1.67. The van der Waals surface area contributed by atoms with Gasteiger partial charge in [0, 0.05) is 0 Å². The van der Waals surface area contributed by atoms with Crippen LogP contribution in [0.1, 0.15) is 0 Å². The van der Waals surface area contributed by atoms with Gasteiger partial charge in [-0.1, -0.05) is 36.4 Å². The third-order valence-electron chi connectivity index (χ3n) is 2.73. The fraction of sp³-hybridized carbons (Fsp3) is 0.0667. The molecule has 0 bridgehead atoms. The van der Waals surface area contributed by atoms with Crippen LogP contribution in [0.15, 0.2) is 70.7 Å². The number of nitrogens with one attached hydrogen (secondary N) is 1. The summed E-state index contributed by atoms with van der Waals surface area (Å²) in [6, 6.07) is 16.3. The number of carbonyl (C=O) groups is 1. The number of anilines is 1. The first-order chi connectivity index (χ1) is 10.6. The summed E-state index contributed by atoms with van der Waals surface area (Å²) < 4.78 is 25.0. The van der Waals surface area contributed by atoms with Crippen molar-refractivity contribution in [3.8, 4) is 0 Å². The smallest absolute Gasteiger partial charge is 0.229 e. The number of ketones is 1. The molecule has 7 heteroatoms. The van der Waals surface area contributed by atoms with Crippen LogP contribution in [-0.4, -0.2) is 25.1 Å². The van der Waals surface area contributed by atoms with Crippen molar-refractivity contribution in [2.45, 2.75) is 4.90 Å². The SMILES string of the molecule is O=C(CCl)/C(=N\Nc1ccccc1)S(=O)(=O)c1ccccc1. The third kappa shape index (κ3) is 3.72. The lowest BCUT2D eigenvalue weighted by atomic mass is 10.3. The lowest BCUT2D eigenvalue weighted by Crippen LogP contribution is -2.27. The number of sulfone groups is 1. The zero-order valence-corrected chi connectivity index (χ0v) is 13.0. The molecule has 0 amide bonds. The molecule has 0 aromatic heterocycles. The molecule has 2 rings (SSSR count). The van der Waals surface area contributed by atoms with E-state index in [0.717, 1.165) is 0 Å². The maximum atomic E-state index is 12.5. The van der Waals surface area contributed by atoms with E-state index in [0.29, 0.717) is 5.69 Å². The second-order valence-corrected chi connectivity index (χ2v) is 6.40. The van der Waals surface area contributed by atoms with Crippen LogP contribution in [0, 0.1) is 0 Å². The number of hydrogen-bond donors (Lipinski definition) is 1. The Morgan fingerprint density at radius 3 is 2.09 bits per heavy atom. The molecule has 0 aliphatic carbocycles. The van der Waals surface area contributed by atoms with Crippen molar-refractivity contribution in [1.82, 2.24) is 0 Å². The third-order valence-corrected chi connectivity index (χ3v) is 4.69. The highest BCUT2D eigenvalue weighted by Crippen LogP contribution is 2.14. The van der Waals surface area contributed by atoms with Gasteiger partial charge in [-0.15, -0.1) is 11.6 Å². The van der Waals surface area contributed by atoms with Crippen LogP contribution < -0.4 is 5.43 Å². The highest BCUT2D eigenvalue weighted by Gasteiger charge is 2.28. The van der Waals surface area contributed by atoms with Crippen molar-refractivity contribution in [3.63, 3.8) is 0 Å². The van der Waals surface area contributed by atoms with E-state index in [1.165, 1.54) is 12.1 Å². The minimum Gasteiger partial charge on any atom is -0.290 e. The molecule has 5 nitrogen and oxygen atoms in total. The van der Waals surface area contributed by atoms with Gasteiger partial charge in [-0.3, -0.25) is 10.2 Å². The second kappa shape index (κ2) is 7.20. The molecule has 0 heterocycles. The topological polar surface area (TPSA) is 75.6 Å². The summed E-state index contributed by atoms with van der Waals surface area (Å²) in [5.74, 6) is -1.24. The molecule has 0 atom stereocenters. The second-order valence-electron chi connectivity index (χ2n) is 4.27. The number of benzene rings is 2. The van der Waals surface area contributed by atoms with Crippen LogP contribution in [0.4, 0.5) is 5.69 Å². The molecule has 0 aliphatic heterocycles. The largest absolute Gasteiger partial charge is 0.290 e. The van der Waals surface area contributed by atoms with Crippen LogP contribution in [0.5, 0.6) is 0 Å². The molecule has 0 unspecified atom stereocenters. The number of rotatable bonds is 5. The van der Waals surface area contributed by atoms with Crippen LogP contribution in [0.25, 0.3) is 0 Å². The van der Waals surface area contributed by atoms with E-state index < -0.39 is 26.5 Å². The predicted molar refractivity (Wildman–Crippen MR) is 86.9 cm³/mol. The van der Waals surface area contributed by atoms with Gasteiger partial charge in [0.25, 0.3) is 0 Å². The van der Waals surface area contributed by atoms with Gasteiger partial charge in [0.1, 0.15) is 0 Å². The quantitative estimate of drug-likeness (QED) is 0.394. The van der Waals surface area contributed by atoms with Crippen molar-refractivity contribution in [2.24, 2.45) is 5.10 Å². The zero-order chi connectivity index (χ0) is 16.0. The molecule has 22 heavy (non-hydrogen) atoms. The van der Waals surface area contributed by atoms with Crippen LogP contribution in [0.3, 0.4) is 0 Å². The van der Waals surface area contributed by atoms with Crippen molar-refractivity contribution < 1.29 is 13.2 Å². The highest BCUT2D eigenvalue weighted by molar-refractivity contribution is 8.08. The standard InChI is InChI=1S/C15H13ClN2O3S/c16-11-14(19)15(18-17-12-7-3-1-4-8-12)22(20,21)13-9-5-2-6-10-13/h1-10,17H,11H2/b18-15+. The zero-order valence-electron chi connectivity index (χ0n) is 11.4. The number of hydrogen-bond acceptors (Lipinski definition) is 5. The Labute approximate surface area is 133 Å². The van der Waals surface area contributed by atoms with E-state index in [1.54, 1.807) is 48.5 Å². The number of Topliss-reactive ketones (excluding diaryl/α,β-unsaturated/α-hetero) is 1. The Hall–Kier alpha value is -2.18. The molecular formula is C15H13ClN2O3S. The average Bonchev–Trinajstić information content (AvgIpc) is 2.56. The van der Waals surface area contributed by atoms with Crippen LogP contribution in [0.2, 0.25) is 0 Å². The van der Waals surface area contributed by atoms with Gasteiger partial charge in [0.15, 0.2) is 0 Å². The molecule has 0 saturated heterocycles. The van der Waals surface area contributed by atoms with Crippen molar-refractivity contribution in [1.29, 1.82) is 0 Å². The molecule has 0 saturated carbocycles. The molecule has 0 fully saturated rings. The first kappa shape index (κ1) is 16.2. The predicted octanol–water partition coefficient (Wildman–Crippen LogP) is 2.69. The van der Waals surface area contributed by atoms with Gasteiger partial charge in [-0.05, 0) is 24.3 Å². The number of halogens is 1. The van der Waals surface area contributed by atoms with Gasteiger partial charge >= 0.3 is 0 Å². The Kier molecular flexibility index (Phi) is 5.30. The number of hydrazone groups is 1. The van der Waals surface area contributed by atoms with Crippen molar-refractivity contribution >= 4 is 38.0 Å². The molecule has 0 aliphatic rings. The maximum absolute atomic E-state index is 12.5. The summed E-state index contributed by atoms with van der Waals surface area (Å²) in [5.41, 5.74) is 3.13. The Balaban J connectivity index is 2.41. The Morgan fingerprint density at radius 1 is 1.00 bits per heavy atom. The van der Waals surface area contributed by atoms with Crippen molar-refractivity contribution in [3.05, 3.63) is 60.7 Å². The Bertz CT molecular complexity index is 775. The average molecular weight is 337 g/mol. The molecule has 114 valence electrons. The van der Waals surface area contributed by atoms with Crippen molar-refractivity contribution in [2.75, 3.05) is 11.3 Å². The van der Waals surface area contributed by atoms with Gasteiger partial charge in [0.05, 0.1) is 16.5 Å². The van der Waals surface area contributed by atoms with Gasteiger partial charge < -0.3 is 0 Å². The van der Waals surface area contributed by atoms with E-state index in [4.69, 9.17) is 11.6 Å². The minimum atomic E-state index is -4.03. The summed E-state index contributed by atoms with van der Waals surface area (Å²) in [5, 5.41) is 3.14. The van der Waals surface area contributed by atoms with Gasteiger partial charge in [-0.25, -0.2) is 8.42 Å². The summed E-state index contributed by atoms with van der Waals surface area (Å²) in [4.78, 5) is 11.9. The lowest BCUT2D eigenvalue weighted by molar-refractivity contribution is -0.110. The molecule has 0 radical (unpaired) electrons. The maximum Gasteiger partial charge on any atom is 0.229 e. The highest BCUT2D eigenvalue weighted by atomic mass is 35.5. The Morgan fingerprint density at radius 2 is 1.55 bits per heavy atom. The monoisotopic (exact) mass is 336 g/mol. The van der Waals surface area contributed by atoms with Crippen LogP contribution >= 0.6 is 11.6 Å². The van der Waals surface area contributed by atoms with Gasteiger partial charge in [-0.2, -0.15) is 5.10 Å². The number of nitrogens with zero attached hydrogens (tertiary/aromatic N) is 1. The van der Waals surface area contributed by atoms with E-state index in [2.05, 4.69) is 10.5 Å². The number of carbonyl (C=O) groups excluding carboxylic acids is 1. The summed E-state index contributed by atoms with van der Waals surface area (Å²) >= 11 is 5.50. The lowest BCUT2D eigenvalue weighted by Gasteiger charge is -2.07. The summed E-state index contributed by atoms with van der Waals surface area (Å²) in [6.45, 7) is 0. The fourth-order valence-corrected chi connectivity index (χ4v) is 3.15. The van der Waals surface area contributed by atoms with E-state index in [9.17, 15) is 13.2 Å². The van der Waals surface area contributed by atoms with E-state index >= 15 is 0 Å².